The zero-order valence-electron chi connectivity index (χ0n) is 2.86. The molecule has 6 heavy (non-hydrogen) atoms. The average molecular weight is 170 g/mol. The summed E-state index contributed by atoms with van der Waals surface area (Å²) in [7, 11) is 0. The normalized spacial score (nSPS) is 5.67. The Morgan fingerprint density at radius 1 is 1.83 bits per heavy atom. The minimum absolute atomic E-state index is 0. The number of carbonyl (C=O) groups is 1. The molecule has 0 aliphatic carbocycles. The topological polar surface area (TPSA) is 17.1 Å². The first kappa shape index (κ1) is 9.66. The maximum absolute atomic E-state index is 9.53. The number of hydrogen-bond acceptors (Lipinski definition) is 1. The van der Waals surface area contributed by atoms with Gasteiger partial charge in [0.2, 0.25) is 0 Å². The van der Waals surface area contributed by atoms with Gasteiger partial charge in [-0.1, -0.05) is 0 Å². The van der Waals surface area contributed by atoms with Gasteiger partial charge < -0.3 is 0 Å². The molecule has 3 heteroatoms. The molecule has 0 aliphatic heterocycles. The number of hydrogen-bond donors (Lipinski definition) is 0. The third-order valence-corrected chi connectivity index (χ3v) is 0.349. The van der Waals surface area contributed by atoms with E-state index in [1.807, 2.05) is 0 Å². The first-order valence-electron chi connectivity index (χ1n) is 1.06. The van der Waals surface area contributed by atoms with E-state index >= 15 is 0 Å². The Bertz CT molecular complexity index is 61.8. The van der Waals surface area contributed by atoms with Crippen LogP contribution in [0.15, 0.2) is 12.7 Å². The summed E-state index contributed by atoms with van der Waals surface area (Å²) in [5, 5.41) is 0. The fourth-order valence-electron chi connectivity index (χ4n) is 0. The summed E-state index contributed by atoms with van der Waals surface area (Å²) in [6, 6.07) is 0. The second-order valence-electron chi connectivity index (χ2n) is 0.478. The summed E-state index contributed by atoms with van der Waals surface area (Å²) in [6.07, 6.45) is 1.11. The molecule has 39 valence electrons. The smallest absolute Gasteiger partial charge is 0 e. The van der Waals surface area contributed by atoms with E-state index < -0.39 is 0 Å². The Hall–Kier alpha value is 0.423. The molecule has 1 nitrogen and oxygen atoms in total. The van der Waals surface area contributed by atoms with Gasteiger partial charge in [0.1, 0.15) is 0 Å². The van der Waals surface area contributed by atoms with Crippen molar-refractivity contribution in [2.75, 3.05) is 0 Å². The van der Waals surface area contributed by atoms with E-state index in [1.165, 1.54) is 0 Å². The first-order valence-corrected chi connectivity index (χ1v) is 1.55. The minimum Gasteiger partial charge on any atom is 0 e. The molecule has 0 saturated heterocycles. The summed E-state index contributed by atoms with van der Waals surface area (Å²) >= 11 is 3.77. The van der Waals surface area contributed by atoms with E-state index in [0.717, 1.165) is 6.08 Å². The fraction of sp³-hybridized carbons (Fsp3) is 0. The van der Waals surface area contributed by atoms with E-state index in [2.05, 4.69) is 22.0 Å². The van der Waals surface area contributed by atoms with Crippen LogP contribution in [-0.2, 0) is 37.3 Å². The molecular weight excluding hydrogens is 167 g/mol. The number of allylic oxidation sites excluding steroid dienone is 1. The van der Waals surface area contributed by atoms with Crippen molar-refractivity contribution in [1.82, 2.24) is 0 Å². The molecule has 0 aromatic rings. The maximum atomic E-state index is 9.53. The summed E-state index contributed by atoms with van der Waals surface area (Å²) in [4.78, 5) is 9.53. The standard InChI is InChI=1S/C3H3O.Fe.Ni/c1-2-3-4;;/h2H,1H2;;. The van der Waals surface area contributed by atoms with Gasteiger partial charge in [-0.3, -0.25) is 0 Å². The number of carbonyl (C=O) groups excluding carboxylic acids is 1. The summed E-state index contributed by atoms with van der Waals surface area (Å²) in [6.45, 7) is 3.12. The van der Waals surface area contributed by atoms with Gasteiger partial charge in [0, 0.05) is 17.1 Å². The molecule has 0 rings (SSSR count). The van der Waals surface area contributed by atoms with Gasteiger partial charge in [-0.15, -0.1) is 0 Å². The monoisotopic (exact) mass is 169 g/mol. The van der Waals surface area contributed by atoms with Crippen LogP contribution in [0.2, 0.25) is 0 Å². The summed E-state index contributed by atoms with van der Waals surface area (Å²) < 4.78 is -0.356. The molecule has 0 aromatic heterocycles. The predicted molar refractivity (Wildman–Crippen MR) is 15.2 cm³/mol. The van der Waals surface area contributed by atoms with Crippen LogP contribution in [0.4, 0.5) is 0 Å². The molecule has 0 amide bonds. The first-order chi connectivity index (χ1) is 2.27. The van der Waals surface area contributed by atoms with Crippen LogP contribution >= 0.6 is 0 Å². The zero-order chi connectivity index (χ0) is 4.28. The molecule has 0 N–H and O–H groups in total. The molecule has 0 heterocycles. The summed E-state index contributed by atoms with van der Waals surface area (Å²) in [5.74, 6) is 0. The fourth-order valence-corrected chi connectivity index (χ4v) is 0. The minimum atomic E-state index is -0.356. The van der Waals surface area contributed by atoms with Crippen molar-refractivity contribution in [3.63, 3.8) is 0 Å². The molecule has 0 atom stereocenters. The van der Waals surface area contributed by atoms with Crippen LogP contribution < -0.4 is 0 Å². The van der Waals surface area contributed by atoms with E-state index in [0.29, 0.717) is 0 Å². The third kappa shape index (κ3) is 8.83. The van der Waals surface area contributed by atoms with Crippen LogP contribution in [0.5, 0.6) is 0 Å². The molecule has 0 fully saturated rings. The van der Waals surface area contributed by atoms with Crippen molar-refractivity contribution < 1.29 is 37.3 Å². The SMILES string of the molecule is C=C[C](=O)[Ni].[Fe]. The van der Waals surface area contributed by atoms with E-state index in [-0.39, 0.29) is 21.8 Å². The average Bonchev–Trinajstić information content (AvgIpc) is 1.38. The summed E-state index contributed by atoms with van der Waals surface area (Å²) in [5.41, 5.74) is 0. The maximum Gasteiger partial charge on any atom is 0 e. The molecule has 0 bridgehead atoms. The Kier molecular flexibility index (Phi) is 8.73. The van der Waals surface area contributed by atoms with Crippen molar-refractivity contribution in [2.24, 2.45) is 0 Å². The van der Waals surface area contributed by atoms with Gasteiger partial charge in [0.05, 0.1) is 0 Å². The third-order valence-electron chi connectivity index (χ3n) is 0.148. The van der Waals surface area contributed by atoms with Crippen molar-refractivity contribution in [2.45, 2.75) is 0 Å². The van der Waals surface area contributed by atoms with Crippen LogP contribution in [0.25, 0.3) is 0 Å². The van der Waals surface area contributed by atoms with Crippen molar-refractivity contribution >= 4 is 4.75 Å². The molecule has 0 aromatic carbocycles. The second-order valence-corrected chi connectivity index (χ2v) is 0.965. The van der Waals surface area contributed by atoms with Crippen LogP contribution in [0.3, 0.4) is 0 Å². The van der Waals surface area contributed by atoms with Gasteiger partial charge in [0.15, 0.2) is 0 Å². The van der Waals surface area contributed by atoms with Crippen LogP contribution in [0.1, 0.15) is 0 Å². The van der Waals surface area contributed by atoms with Crippen molar-refractivity contribution in [3.8, 4) is 0 Å². The molecule has 0 unspecified atom stereocenters. The van der Waals surface area contributed by atoms with E-state index in [4.69, 9.17) is 0 Å². The van der Waals surface area contributed by atoms with Gasteiger partial charge in [-0.25, -0.2) is 0 Å². The molecule has 0 radical (unpaired) electrons. The second kappa shape index (κ2) is 5.42. The Morgan fingerprint density at radius 3 is 2.00 bits per heavy atom. The predicted octanol–water partition coefficient (Wildman–Crippen LogP) is 0.243. The van der Waals surface area contributed by atoms with Gasteiger partial charge in [-0.05, 0) is 0 Å². The Balaban J connectivity index is 0. The van der Waals surface area contributed by atoms with Crippen molar-refractivity contribution in [3.05, 3.63) is 12.7 Å². The molecular formula is C3H3FeNiO. The molecule has 0 spiro atoms. The van der Waals surface area contributed by atoms with Gasteiger partial charge >= 0.3 is 37.7 Å². The number of rotatable bonds is 1. The Morgan fingerprint density at radius 2 is 2.00 bits per heavy atom. The van der Waals surface area contributed by atoms with Crippen LogP contribution in [0, 0.1) is 0 Å². The van der Waals surface area contributed by atoms with Gasteiger partial charge in [-0.2, -0.15) is 0 Å². The van der Waals surface area contributed by atoms with Crippen molar-refractivity contribution in [1.29, 1.82) is 0 Å². The largest absolute Gasteiger partial charge is 0 e. The van der Waals surface area contributed by atoms with Crippen LogP contribution in [-0.4, -0.2) is 4.75 Å². The quantitative estimate of drug-likeness (QED) is 0.406. The van der Waals surface area contributed by atoms with E-state index in [9.17, 15) is 4.79 Å². The Labute approximate surface area is 55.0 Å². The molecule has 0 saturated carbocycles. The van der Waals surface area contributed by atoms with E-state index in [1.54, 1.807) is 0 Å². The van der Waals surface area contributed by atoms with Gasteiger partial charge in [0.25, 0.3) is 0 Å². The zero-order valence-corrected chi connectivity index (χ0v) is 4.95. The molecule has 0 aliphatic rings.